The number of rotatable bonds is 0. The number of halogens is 2. The highest BCUT2D eigenvalue weighted by Crippen LogP contribution is 2.40. The van der Waals surface area contributed by atoms with E-state index in [1.54, 1.807) is 6.07 Å². The largest absolute Gasteiger partial charge is 0.390 e. The molecule has 0 fully saturated rings. The van der Waals surface area contributed by atoms with Crippen molar-refractivity contribution in [1.82, 2.24) is 0 Å². The Labute approximate surface area is 103 Å². The third kappa shape index (κ3) is 1.74. The van der Waals surface area contributed by atoms with E-state index in [-0.39, 0.29) is 11.7 Å². The van der Waals surface area contributed by atoms with Gasteiger partial charge in [-0.15, -0.1) is 0 Å². The first-order valence-electron chi connectivity index (χ1n) is 5.28. The number of aliphatic hydroxyl groups is 1. The Kier molecular flexibility index (Phi) is 2.75. The zero-order valence-electron chi connectivity index (χ0n) is 9.51. The topological polar surface area (TPSA) is 32.3 Å². The Morgan fingerprint density at radius 2 is 2.06 bits per heavy atom. The van der Waals surface area contributed by atoms with Crippen molar-refractivity contribution in [3.05, 3.63) is 28.0 Å². The molecule has 2 unspecified atom stereocenters. The molecule has 2 atom stereocenters. The van der Waals surface area contributed by atoms with E-state index in [2.05, 4.69) is 21.2 Å². The lowest BCUT2D eigenvalue weighted by atomic mass is 9.79. The third-order valence-electron chi connectivity index (χ3n) is 3.25. The number of fused-ring (bicyclic) bond motifs is 1. The molecule has 2 N–H and O–H groups in total. The second-order valence-electron chi connectivity index (χ2n) is 4.93. The Morgan fingerprint density at radius 1 is 1.44 bits per heavy atom. The summed E-state index contributed by atoms with van der Waals surface area (Å²) in [5, 5.41) is 13.3. The molecule has 0 radical (unpaired) electrons. The quantitative estimate of drug-likeness (QED) is 0.768. The molecule has 2 nitrogen and oxygen atoms in total. The fraction of sp³-hybridized carbons (Fsp3) is 0.500. The monoisotopic (exact) mass is 287 g/mol. The second-order valence-corrected chi connectivity index (χ2v) is 5.79. The minimum absolute atomic E-state index is 0.0110. The maximum Gasteiger partial charge on any atom is 0.139 e. The Hall–Kier alpha value is -0.610. The molecular formula is C12H15BrFNO. The van der Waals surface area contributed by atoms with Crippen molar-refractivity contribution < 1.29 is 9.50 Å². The molecule has 0 spiro atoms. The number of benzene rings is 1. The van der Waals surface area contributed by atoms with Gasteiger partial charge in [0.25, 0.3) is 0 Å². The fourth-order valence-corrected chi connectivity index (χ4v) is 2.62. The Morgan fingerprint density at radius 3 is 2.69 bits per heavy atom. The van der Waals surface area contributed by atoms with Gasteiger partial charge in [0.05, 0.1) is 16.1 Å². The lowest BCUT2D eigenvalue weighted by Crippen LogP contribution is -2.49. The van der Waals surface area contributed by atoms with E-state index in [1.165, 1.54) is 6.07 Å². The predicted molar refractivity (Wildman–Crippen MR) is 66.2 cm³/mol. The number of aliphatic hydroxyl groups excluding tert-OH is 1. The first-order chi connectivity index (χ1) is 7.33. The van der Waals surface area contributed by atoms with Crippen LogP contribution in [0.3, 0.4) is 0 Å². The third-order valence-corrected chi connectivity index (χ3v) is 3.86. The van der Waals surface area contributed by atoms with Gasteiger partial charge in [0.15, 0.2) is 0 Å². The molecule has 0 aliphatic carbocycles. The molecular weight excluding hydrogens is 273 g/mol. The Balaban J connectivity index is 2.55. The normalized spacial score (nSPS) is 27.1. The van der Waals surface area contributed by atoms with E-state index in [0.29, 0.717) is 4.47 Å². The van der Waals surface area contributed by atoms with Gasteiger partial charge in [0.2, 0.25) is 0 Å². The summed E-state index contributed by atoms with van der Waals surface area (Å²) in [6.45, 7) is 5.78. The van der Waals surface area contributed by atoms with Gasteiger partial charge in [-0.05, 0) is 47.5 Å². The van der Waals surface area contributed by atoms with Crippen LogP contribution in [0.15, 0.2) is 16.6 Å². The SMILES string of the molecule is CC1c2cc(Br)c(F)cc2NC(C)(C)C1O. The van der Waals surface area contributed by atoms with Crippen molar-refractivity contribution in [2.75, 3.05) is 5.32 Å². The smallest absolute Gasteiger partial charge is 0.139 e. The maximum atomic E-state index is 13.4. The molecule has 1 aromatic rings. The van der Waals surface area contributed by atoms with Gasteiger partial charge in [0.1, 0.15) is 5.82 Å². The Bertz CT molecular complexity index is 433. The summed E-state index contributed by atoms with van der Waals surface area (Å²) >= 11 is 3.17. The minimum Gasteiger partial charge on any atom is -0.390 e. The van der Waals surface area contributed by atoms with Gasteiger partial charge in [-0.2, -0.15) is 0 Å². The molecule has 0 aromatic heterocycles. The van der Waals surface area contributed by atoms with Crippen LogP contribution in [0, 0.1) is 5.82 Å². The van der Waals surface area contributed by atoms with E-state index < -0.39 is 11.6 Å². The summed E-state index contributed by atoms with van der Waals surface area (Å²) < 4.78 is 13.9. The first-order valence-corrected chi connectivity index (χ1v) is 6.07. The van der Waals surface area contributed by atoms with Crippen molar-refractivity contribution in [3.63, 3.8) is 0 Å². The molecule has 0 amide bonds. The predicted octanol–water partition coefficient (Wildman–Crippen LogP) is 3.26. The van der Waals surface area contributed by atoms with Gasteiger partial charge < -0.3 is 10.4 Å². The van der Waals surface area contributed by atoms with Gasteiger partial charge in [-0.1, -0.05) is 6.92 Å². The number of nitrogens with one attached hydrogen (secondary N) is 1. The van der Waals surface area contributed by atoms with Crippen LogP contribution in [0.1, 0.15) is 32.3 Å². The van der Waals surface area contributed by atoms with Gasteiger partial charge in [0, 0.05) is 11.6 Å². The molecule has 0 saturated heterocycles. The molecule has 0 saturated carbocycles. The lowest BCUT2D eigenvalue weighted by molar-refractivity contribution is 0.0868. The molecule has 2 rings (SSSR count). The van der Waals surface area contributed by atoms with Crippen molar-refractivity contribution in [3.8, 4) is 0 Å². The van der Waals surface area contributed by atoms with E-state index in [4.69, 9.17) is 0 Å². The van der Waals surface area contributed by atoms with E-state index in [9.17, 15) is 9.50 Å². The van der Waals surface area contributed by atoms with Crippen LogP contribution in [0.25, 0.3) is 0 Å². The van der Waals surface area contributed by atoms with E-state index >= 15 is 0 Å². The fourth-order valence-electron chi connectivity index (χ4n) is 2.26. The highest BCUT2D eigenvalue weighted by Gasteiger charge is 2.38. The van der Waals surface area contributed by atoms with Crippen LogP contribution in [-0.4, -0.2) is 16.7 Å². The highest BCUT2D eigenvalue weighted by atomic mass is 79.9. The van der Waals surface area contributed by atoms with Crippen molar-refractivity contribution in [1.29, 1.82) is 0 Å². The minimum atomic E-state index is -0.489. The maximum absolute atomic E-state index is 13.4. The van der Waals surface area contributed by atoms with Crippen molar-refractivity contribution in [2.45, 2.75) is 38.3 Å². The standard InChI is InChI=1S/C12H15BrFNO/c1-6-7-4-8(13)9(14)5-10(7)15-12(2,3)11(6)16/h4-6,11,15-16H,1-3H3. The summed E-state index contributed by atoms with van der Waals surface area (Å²) in [4.78, 5) is 0. The van der Waals surface area contributed by atoms with E-state index in [1.807, 2.05) is 20.8 Å². The summed E-state index contributed by atoms with van der Waals surface area (Å²) in [6.07, 6.45) is -0.489. The average molecular weight is 288 g/mol. The van der Waals surface area contributed by atoms with E-state index in [0.717, 1.165) is 11.3 Å². The first kappa shape index (κ1) is 11.9. The zero-order valence-corrected chi connectivity index (χ0v) is 11.1. The zero-order chi connectivity index (χ0) is 12.1. The summed E-state index contributed by atoms with van der Waals surface area (Å²) in [7, 11) is 0. The number of hydrogen-bond acceptors (Lipinski definition) is 2. The van der Waals surface area contributed by atoms with Gasteiger partial charge in [-0.25, -0.2) is 4.39 Å². The van der Waals surface area contributed by atoms with Crippen molar-refractivity contribution in [2.24, 2.45) is 0 Å². The van der Waals surface area contributed by atoms with Gasteiger partial charge >= 0.3 is 0 Å². The molecule has 1 aliphatic rings. The van der Waals surface area contributed by atoms with Crippen LogP contribution in [0.2, 0.25) is 0 Å². The van der Waals surface area contributed by atoms with Crippen LogP contribution in [0.5, 0.6) is 0 Å². The molecule has 1 aromatic carbocycles. The van der Waals surface area contributed by atoms with Crippen molar-refractivity contribution >= 4 is 21.6 Å². The second kappa shape index (κ2) is 3.70. The summed E-state index contributed by atoms with van der Waals surface area (Å²) in [5.74, 6) is -0.297. The van der Waals surface area contributed by atoms with Crippen LogP contribution in [-0.2, 0) is 0 Å². The highest BCUT2D eigenvalue weighted by molar-refractivity contribution is 9.10. The molecule has 1 heterocycles. The van der Waals surface area contributed by atoms with Gasteiger partial charge in [-0.3, -0.25) is 0 Å². The molecule has 16 heavy (non-hydrogen) atoms. The number of anilines is 1. The summed E-state index contributed by atoms with van der Waals surface area (Å²) in [6, 6.07) is 3.21. The van der Waals surface area contributed by atoms with Crippen LogP contribution >= 0.6 is 15.9 Å². The molecule has 1 aliphatic heterocycles. The van der Waals surface area contributed by atoms with Crippen LogP contribution < -0.4 is 5.32 Å². The lowest BCUT2D eigenvalue weighted by Gasteiger charge is -2.42. The number of hydrogen-bond donors (Lipinski definition) is 2. The van der Waals surface area contributed by atoms with Crippen LogP contribution in [0.4, 0.5) is 10.1 Å². The summed E-state index contributed by atoms with van der Waals surface area (Å²) in [5.41, 5.74) is 1.27. The molecule has 88 valence electrons. The molecule has 0 bridgehead atoms. The average Bonchev–Trinajstić information content (AvgIpc) is 2.18. The molecule has 4 heteroatoms.